The lowest BCUT2D eigenvalue weighted by Crippen LogP contribution is -2.29. The molecule has 0 spiro atoms. The molecule has 1 N–H and O–H groups in total. The van der Waals surface area contributed by atoms with Crippen LogP contribution in [0, 0.1) is 0 Å². The molecule has 0 unspecified atom stereocenters. The van der Waals surface area contributed by atoms with Crippen molar-refractivity contribution in [3.63, 3.8) is 0 Å². The highest BCUT2D eigenvalue weighted by Gasteiger charge is 2.23. The minimum atomic E-state index is -0.530. The zero-order chi connectivity index (χ0) is 12.7. The monoisotopic (exact) mass is 244 g/mol. The molecule has 1 aromatic carbocycles. The number of hydrogen-bond donors (Lipinski definition) is 1. The second-order valence-electron chi connectivity index (χ2n) is 3.94. The summed E-state index contributed by atoms with van der Waals surface area (Å²) in [4.78, 5) is 37.4. The van der Waals surface area contributed by atoms with Gasteiger partial charge in [-0.15, -0.1) is 0 Å². The number of aromatic nitrogens is 1. The van der Waals surface area contributed by atoms with Gasteiger partial charge in [0.2, 0.25) is 0 Å². The van der Waals surface area contributed by atoms with Crippen LogP contribution >= 0.6 is 0 Å². The second-order valence-corrected chi connectivity index (χ2v) is 3.94. The molecule has 1 aliphatic rings. The Balaban J connectivity index is 1.93. The topological polar surface area (TPSA) is 83.4 Å². The summed E-state index contributed by atoms with van der Waals surface area (Å²) < 4.78 is 4.86. The number of imide groups is 1. The molecule has 0 fully saturated rings. The van der Waals surface area contributed by atoms with Crippen molar-refractivity contribution in [1.82, 2.24) is 9.88 Å². The van der Waals surface area contributed by atoms with Gasteiger partial charge in [0.15, 0.2) is 5.58 Å². The van der Waals surface area contributed by atoms with Gasteiger partial charge in [-0.3, -0.25) is 19.5 Å². The molecule has 0 radical (unpaired) electrons. The first-order chi connectivity index (χ1) is 8.63. The average molecular weight is 244 g/mol. The van der Waals surface area contributed by atoms with Gasteiger partial charge in [0, 0.05) is 12.2 Å². The number of amides is 2. The number of H-pyrrole nitrogens is 1. The summed E-state index contributed by atoms with van der Waals surface area (Å²) in [5.41, 5.74) is 1.73. The summed E-state index contributed by atoms with van der Waals surface area (Å²) in [6.45, 7) is 0.174. The highest BCUT2D eigenvalue weighted by Crippen LogP contribution is 2.15. The molecule has 3 rings (SSSR count). The van der Waals surface area contributed by atoms with Gasteiger partial charge in [-0.05, 0) is 17.7 Å². The molecular formula is C12H8N2O4. The summed E-state index contributed by atoms with van der Waals surface area (Å²) in [6, 6.07) is 5.01. The number of oxazole rings is 1. The van der Waals surface area contributed by atoms with Gasteiger partial charge in [-0.1, -0.05) is 6.07 Å². The minimum Gasteiger partial charge on any atom is -0.408 e. The zero-order valence-corrected chi connectivity index (χ0v) is 9.17. The van der Waals surface area contributed by atoms with Crippen LogP contribution in [0.4, 0.5) is 0 Å². The quantitative estimate of drug-likeness (QED) is 0.782. The maximum absolute atomic E-state index is 11.4. The molecule has 1 aromatic heterocycles. The van der Waals surface area contributed by atoms with E-state index in [2.05, 4.69) is 4.98 Å². The number of fused-ring (bicyclic) bond motifs is 1. The third-order valence-corrected chi connectivity index (χ3v) is 2.72. The molecule has 0 atom stereocenters. The van der Waals surface area contributed by atoms with E-state index in [1.54, 1.807) is 18.2 Å². The SMILES string of the molecule is O=C1C=CC(=O)N1Cc1ccc2oc(=O)[nH]c2c1. The zero-order valence-electron chi connectivity index (χ0n) is 9.17. The van der Waals surface area contributed by atoms with Crippen molar-refractivity contribution in [2.75, 3.05) is 0 Å². The van der Waals surface area contributed by atoms with Crippen LogP contribution in [-0.4, -0.2) is 21.7 Å². The summed E-state index contributed by atoms with van der Waals surface area (Å²) in [6.07, 6.45) is 2.47. The Bertz CT molecular complexity index is 720. The number of rotatable bonds is 2. The summed E-state index contributed by atoms with van der Waals surface area (Å²) >= 11 is 0. The van der Waals surface area contributed by atoms with E-state index >= 15 is 0 Å². The molecule has 6 heteroatoms. The van der Waals surface area contributed by atoms with Crippen molar-refractivity contribution < 1.29 is 14.0 Å². The molecule has 90 valence electrons. The molecule has 0 bridgehead atoms. The highest BCUT2D eigenvalue weighted by atomic mass is 16.4. The van der Waals surface area contributed by atoms with Crippen molar-refractivity contribution in [2.24, 2.45) is 0 Å². The van der Waals surface area contributed by atoms with Crippen LogP contribution in [0.3, 0.4) is 0 Å². The number of nitrogens with zero attached hydrogens (tertiary/aromatic N) is 1. The van der Waals surface area contributed by atoms with Crippen LogP contribution < -0.4 is 5.76 Å². The maximum atomic E-state index is 11.4. The van der Waals surface area contributed by atoms with Gasteiger partial charge in [0.1, 0.15) is 0 Å². The Morgan fingerprint density at radius 1 is 1.11 bits per heavy atom. The fraction of sp³-hybridized carbons (Fsp3) is 0.0833. The smallest absolute Gasteiger partial charge is 0.408 e. The number of aromatic amines is 1. The van der Waals surface area contributed by atoms with Gasteiger partial charge in [0.25, 0.3) is 11.8 Å². The first-order valence-electron chi connectivity index (χ1n) is 5.29. The van der Waals surface area contributed by atoms with Gasteiger partial charge >= 0.3 is 5.76 Å². The number of hydrogen-bond acceptors (Lipinski definition) is 4. The minimum absolute atomic E-state index is 0.174. The Morgan fingerprint density at radius 2 is 1.83 bits per heavy atom. The number of benzene rings is 1. The van der Waals surface area contributed by atoms with Gasteiger partial charge < -0.3 is 4.42 Å². The number of carbonyl (C=O) groups is 2. The lowest BCUT2D eigenvalue weighted by Gasteiger charge is -2.13. The molecule has 18 heavy (non-hydrogen) atoms. The molecule has 2 amide bonds. The Kier molecular flexibility index (Phi) is 2.16. The van der Waals surface area contributed by atoms with Crippen LogP contribution in [0.1, 0.15) is 5.56 Å². The predicted octanol–water partition coefficient (Wildman–Crippen LogP) is 0.546. The van der Waals surface area contributed by atoms with Gasteiger partial charge in [0.05, 0.1) is 12.1 Å². The molecule has 0 aliphatic carbocycles. The second kappa shape index (κ2) is 3.69. The van der Waals surface area contributed by atoms with Crippen LogP contribution in [0.25, 0.3) is 11.1 Å². The first kappa shape index (κ1) is 10.5. The molecule has 0 saturated heterocycles. The Hall–Kier alpha value is -2.63. The van der Waals surface area contributed by atoms with E-state index in [1.165, 1.54) is 12.2 Å². The molecule has 6 nitrogen and oxygen atoms in total. The standard InChI is InChI=1S/C12H8N2O4/c15-10-3-4-11(16)14(10)6-7-1-2-9-8(5-7)13-12(17)18-9/h1-5H,6H2,(H,13,17). The number of carbonyl (C=O) groups excluding carboxylic acids is 2. The normalized spacial score (nSPS) is 15.0. The van der Waals surface area contributed by atoms with E-state index < -0.39 is 5.76 Å². The largest absolute Gasteiger partial charge is 0.417 e. The first-order valence-corrected chi connectivity index (χ1v) is 5.29. The summed E-state index contributed by atoms with van der Waals surface area (Å²) in [5, 5.41) is 0. The highest BCUT2D eigenvalue weighted by molar-refractivity contribution is 6.12. The van der Waals surface area contributed by atoms with Crippen molar-refractivity contribution in [3.05, 3.63) is 46.5 Å². The predicted molar refractivity (Wildman–Crippen MR) is 61.5 cm³/mol. The van der Waals surface area contributed by atoms with Crippen LogP contribution in [0.5, 0.6) is 0 Å². The van der Waals surface area contributed by atoms with E-state index in [0.29, 0.717) is 11.1 Å². The maximum Gasteiger partial charge on any atom is 0.417 e. The van der Waals surface area contributed by atoms with Crippen molar-refractivity contribution in [3.8, 4) is 0 Å². The molecule has 2 heterocycles. The van der Waals surface area contributed by atoms with Crippen LogP contribution in [-0.2, 0) is 16.1 Å². The Morgan fingerprint density at radius 3 is 2.56 bits per heavy atom. The van der Waals surface area contributed by atoms with E-state index in [9.17, 15) is 14.4 Å². The molecule has 1 aliphatic heterocycles. The Labute approximate surface area is 101 Å². The van der Waals surface area contributed by atoms with Crippen molar-refractivity contribution in [2.45, 2.75) is 6.54 Å². The van der Waals surface area contributed by atoms with Crippen LogP contribution in [0.2, 0.25) is 0 Å². The van der Waals surface area contributed by atoms with E-state index in [0.717, 1.165) is 10.5 Å². The molecule has 0 saturated carbocycles. The fourth-order valence-corrected chi connectivity index (χ4v) is 1.87. The summed E-state index contributed by atoms with van der Waals surface area (Å²) in [7, 11) is 0. The van der Waals surface area contributed by atoms with E-state index in [-0.39, 0.29) is 18.4 Å². The van der Waals surface area contributed by atoms with E-state index in [1.807, 2.05) is 0 Å². The van der Waals surface area contributed by atoms with Crippen molar-refractivity contribution in [1.29, 1.82) is 0 Å². The third-order valence-electron chi connectivity index (χ3n) is 2.72. The molecular weight excluding hydrogens is 236 g/mol. The summed E-state index contributed by atoms with van der Waals surface area (Å²) in [5.74, 6) is -1.20. The average Bonchev–Trinajstić information content (AvgIpc) is 2.84. The van der Waals surface area contributed by atoms with E-state index in [4.69, 9.17) is 4.42 Å². The lowest BCUT2D eigenvalue weighted by atomic mass is 10.2. The fourth-order valence-electron chi connectivity index (χ4n) is 1.87. The third kappa shape index (κ3) is 1.64. The lowest BCUT2D eigenvalue weighted by molar-refractivity contribution is -0.137. The van der Waals surface area contributed by atoms with Crippen molar-refractivity contribution >= 4 is 22.9 Å². The number of nitrogens with one attached hydrogen (secondary N) is 1. The van der Waals surface area contributed by atoms with Crippen LogP contribution in [0.15, 0.2) is 39.6 Å². The van der Waals surface area contributed by atoms with Gasteiger partial charge in [-0.25, -0.2) is 4.79 Å². The van der Waals surface area contributed by atoms with Gasteiger partial charge in [-0.2, -0.15) is 0 Å². The molecule has 2 aromatic rings.